The van der Waals surface area contributed by atoms with Crippen LogP contribution in [0.2, 0.25) is 0 Å². The average Bonchev–Trinajstić information content (AvgIpc) is 3.13. The number of carbonyl (C=O) groups is 1. The highest BCUT2D eigenvalue weighted by Crippen LogP contribution is 2.29. The molecule has 5 heteroatoms. The highest BCUT2D eigenvalue weighted by atomic mass is 79.9. The van der Waals surface area contributed by atoms with Gasteiger partial charge in [-0.05, 0) is 31.0 Å². The minimum Gasteiger partial charge on any atom is -0.383 e. The predicted octanol–water partition coefficient (Wildman–Crippen LogP) is 2.99. The van der Waals surface area contributed by atoms with Crippen molar-refractivity contribution in [3.8, 4) is 0 Å². The van der Waals surface area contributed by atoms with Crippen molar-refractivity contribution in [1.29, 1.82) is 0 Å². The highest BCUT2D eigenvalue weighted by Gasteiger charge is 2.33. The van der Waals surface area contributed by atoms with Crippen molar-refractivity contribution in [2.24, 2.45) is 0 Å². The van der Waals surface area contributed by atoms with Crippen LogP contribution in [-0.4, -0.2) is 37.1 Å². The van der Waals surface area contributed by atoms with E-state index in [0.29, 0.717) is 29.7 Å². The minimum absolute atomic E-state index is 0.0482. The van der Waals surface area contributed by atoms with E-state index in [0.717, 1.165) is 17.3 Å². The van der Waals surface area contributed by atoms with Gasteiger partial charge in [-0.3, -0.25) is 4.79 Å². The molecule has 1 saturated carbocycles. The molecule has 98 valence electrons. The molecule has 1 aromatic carbocycles. The van der Waals surface area contributed by atoms with Gasteiger partial charge in [0.15, 0.2) is 0 Å². The molecule has 1 fully saturated rings. The van der Waals surface area contributed by atoms with Gasteiger partial charge in [-0.1, -0.05) is 15.9 Å². The number of hydrogen-bond donors (Lipinski definition) is 1. The molecule has 1 aliphatic carbocycles. The van der Waals surface area contributed by atoms with Crippen LogP contribution in [0.4, 0.5) is 0 Å². The van der Waals surface area contributed by atoms with Crippen LogP contribution in [0.1, 0.15) is 23.2 Å². The van der Waals surface area contributed by atoms with E-state index in [1.165, 1.54) is 0 Å². The van der Waals surface area contributed by atoms with E-state index in [1.807, 2.05) is 23.1 Å². The second-order valence-corrected chi connectivity index (χ2v) is 5.78. The number of halogens is 1. The van der Waals surface area contributed by atoms with Crippen LogP contribution in [0.15, 0.2) is 27.6 Å². The number of methoxy groups -OCH3 is 1. The van der Waals surface area contributed by atoms with Gasteiger partial charge >= 0.3 is 0 Å². The molecule has 0 atom stereocenters. The summed E-state index contributed by atoms with van der Waals surface area (Å²) in [5.74, 6) is 0.0482. The summed E-state index contributed by atoms with van der Waals surface area (Å²) >= 11 is 7.74. The van der Waals surface area contributed by atoms with E-state index in [4.69, 9.17) is 4.74 Å². The number of nitrogens with zero attached hydrogens (tertiary/aromatic N) is 1. The fourth-order valence-corrected chi connectivity index (χ4v) is 2.71. The van der Waals surface area contributed by atoms with Crippen molar-refractivity contribution in [2.75, 3.05) is 20.3 Å². The second kappa shape index (κ2) is 6.08. The summed E-state index contributed by atoms with van der Waals surface area (Å²) in [4.78, 5) is 15.1. The summed E-state index contributed by atoms with van der Waals surface area (Å²) in [6, 6.07) is 5.91. The maximum Gasteiger partial charge on any atom is 0.255 e. The van der Waals surface area contributed by atoms with Gasteiger partial charge in [0.25, 0.3) is 5.91 Å². The lowest BCUT2D eigenvalue weighted by Gasteiger charge is -2.22. The maximum atomic E-state index is 12.5. The van der Waals surface area contributed by atoms with Gasteiger partial charge in [-0.15, -0.1) is 12.6 Å². The Labute approximate surface area is 121 Å². The topological polar surface area (TPSA) is 29.5 Å². The lowest BCUT2D eigenvalue weighted by molar-refractivity contribution is 0.0677. The molecule has 1 amide bonds. The first-order valence-electron chi connectivity index (χ1n) is 5.92. The molecule has 18 heavy (non-hydrogen) atoms. The smallest absolute Gasteiger partial charge is 0.255 e. The molecule has 0 spiro atoms. The number of carbonyl (C=O) groups excluding carboxylic acids is 1. The molecule has 0 aromatic heterocycles. The van der Waals surface area contributed by atoms with Gasteiger partial charge in [0.05, 0.1) is 12.2 Å². The molecule has 3 nitrogen and oxygen atoms in total. The summed E-state index contributed by atoms with van der Waals surface area (Å²) in [7, 11) is 1.65. The molecular weight excluding hydrogens is 314 g/mol. The first kappa shape index (κ1) is 13.9. The molecule has 0 unspecified atom stereocenters. The molecule has 0 radical (unpaired) electrons. The minimum atomic E-state index is 0.0482. The van der Waals surface area contributed by atoms with Crippen LogP contribution in [0, 0.1) is 0 Å². The molecule has 1 aliphatic rings. The first-order chi connectivity index (χ1) is 8.63. The zero-order valence-electron chi connectivity index (χ0n) is 10.2. The van der Waals surface area contributed by atoms with Crippen LogP contribution in [0.3, 0.4) is 0 Å². The standard InChI is InChI=1S/C13H16BrNO2S/c1-17-7-6-15(10-3-4-10)13(16)11-5-2-9(14)8-12(11)18/h2,5,8,10,18H,3-4,6-7H2,1H3. The average molecular weight is 330 g/mol. The van der Waals surface area contributed by atoms with Crippen molar-refractivity contribution in [3.63, 3.8) is 0 Å². The Morgan fingerprint density at radius 3 is 2.83 bits per heavy atom. The number of rotatable bonds is 5. The quantitative estimate of drug-likeness (QED) is 0.841. The first-order valence-corrected chi connectivity index (χ1v) is 7.16. The van der Waals surface area contributed by atoms with E-state index >= 15 is 0 Å². The Morgan fingerprint density at radius 1 is 1.56 bits per heavy atom. The maximum absolute atomic E-state index is 12.5. The third-order valence-electron chi connectivity index (χ3n) is 2.98. The molecule has 0 heterocycles. The fraction of sp³-hybridized carbons (Fsp3) is 0.462. The zero-order chi connectivity index (χ0) is 13.1. The van der Waals surface area contributed by atoms with Gasteiger partial charge in [0.2, 0.25) is 0 Å². The number of amides is 1. The van der Waals surface area contributed by atoms with Gasteiger partial charge in [0.1, 0.15) is 0 Å². The number of benzene rings is 1. The van der Waals surface area contributed by atoms with Crippen molar-refractivity contribution in [1.82, 2.24) is 4.90 Å². The lowest BCUT2D eigenvalue weighted by atomic mass is 10.2. The lowest BCUT2D eigenvalue weighted by Crippen LogP contribution is -2.36. The van der Waals surface area contributed by atoms with Gasteiger partial charge in [-0.2, -0.15) is 0 Å². The summed E-state index contributed by atoms with van der Waals surface area (Å²) in [5.41, 5.74) is 0.657. The molecular formula is C13H16BrNO2S. The Bertz CT molecular complexity index is 449. The molecule has 0 bridgehead atoms. The van der Waals surface area contributed by atoms with Crippen molar-refractivity contribution in [3.05, 3.63) is 28.2 Å². The van der Waals surface area contributed by atoms with Crippen LogP contribution in [-0.2, 0) is 4.74 Å². The van der Waals surface area contributed by atoms with Crippen molar-refractivity contribution < 1.29 is 9.53 Å². The van der Waals surface area contributed by atoms with E-state index < -0.39 is 0 Å². The molecule has 1 aromatic rings. The Hall–Kier alpha value is -0.520. The third kappa shape index (κ3) is 3.28. The van der Waals surface area contributed by atoms with E-state index in [9.17, 15) is 4.79 Å². The number of ether oxygens (including phenoxy) is 1. The largest absolute Gasteiger partial charge is 0.383 e. The highest BCUT2D eigenvalue weighted by molar-refractivity contribution is 9.10. The summed E-state index contributed by atoms with van der Waals surface area (Å²) < 4.78 is 5.99. The van der Waals surface area contributed by atoms with Crippen LogP contribution in [0.5, 0.6) is 0 Å². The van der Waals surface area contributed by atoms with E-state index in [2.05, 4.69) is 28.6 Å². The van der Waals surface area contributed by atoms with E-state index in [1.54, 1.807) is 7.11 Å². The number of thiol groups is 1. The summed E-state index contributed by atoms with van der Waals surface area (Å²) in [6.45, 7) is 1.21. The molecule has 0 aliphatic heterocycles. The Balaban J connectivity index is 2.16. The fourth-order valence-electron chi connectivity index (χ4n) is 1.87. The normalized spacial score (nSPS) is 14.6. The number of hydrogen-bond acceptors (Lipinski definition) is 3. The molecule has 0 saturated heterocycles. The molecule has 2 rings (SSSR count). The summed E-state index contributed by atoms with van der Waals surface area (Å²) in [5, 5.41) is 0. The third-order valence-corrected chi connectivity index (χ3v) is 3.84. The molecule has 0 N–H and O–H groups in total. The van der Waals surface area contributed by atoms with Crippen molar-refractivity contribution in [2.45, 2.75) is 23.8 Å². The van der Waals surface area contributed by atoms with Crippen LogP contribution in [0.25, 0.3) is 0 Å². The van der Waals surface area contributed by atoms with Crippen LogP contribution < -0.4 is 0 Å². The van der Waals surface area contributed by atoms with Gasteiger partial charge in [-0.25, -0.2) is 0 Å². The Kier molecular flexibility index (Phi) is 4.70. The zero-order valence-corrected chi connectivity index (χ0v) is 12.7. The van der Waals surface area contributed by atoms with Crippen molar-refractivity contribution >= 4 is 34.5 Å². The monoisotopic (exact) mass is 329 g/mol. The van der Waals surface area contributed by atoms with E-state index in [-0.39, 0.29) is 5.91 Å². The summed E-state index contributed by atoms with van der Waals surface area (Å²) in [6.07, 6.45) is 2.18. The SMILES string of the molecule is COCCN(C(=O)c1ccc(Br)cc1S)C1CC1. The Morgan fingerprint density at radius 2 is 2.28 bits per heavy atom. The predicted molar refractivity (Wildman–Crippen MR) is 77.3 cm³/mol. The van der Waals surface area contributed by atoms with Crippen LogP contribution >= 0.6 is 28.6 Å². The van der Waals surface area contributed by atoms with Gasteiger partial charge < -0.3 is 9.64 Å². The van der Waals surface area contributed by atoms with Gasteiger partial charge in [0, 0.05) is 29.1 Å². The second-order valence-electron chi connectivity index (χ2n) is 4.38.